The van der Waals surface area contributed by atoms with E-state index in [-0.39, 0.29) is 5.91 Å². The first-order chi connectivity index (χ1) is 16.4. The third-order valence-electron chi connectivity index (χ3n) is 6.03. The number of methoxy groups -OCH3 is 2. The number of benzene rings is 2. The zero-order valence-corrected chi connectivity index (χ0v) is 20.7. The highest BCUT2D eigenvalue weighted by atomic mass is 32.1. The highest BCUT2D eigenvalue weighted by molar-refractivity contribution is 7.21. The number of hydrogen-bond donors (Lipinski definition) is 2. The largest absolute Gasteiger partial charge is 0.494 e. The molecule has 2 N–H and O–H groups in total. The van der Waals surface area contributed by atoms with E-state index >= 15 is 0 Å². The van der Waals surface area contributed by atoms with Crippen LogP contribution in [0.3, 0.4) is 0 Å². The highest BCUT2D eigenvalue weighted by Crippen LogP contribution is 2.39. The fraction of sp³-hybridized carbons (Fsp3) is 0.375. The number of carbonyl (C=O) groups excluding carboxylic acids is 1. The molecule has 0 bridgehead atoms. The van der Waals surface area contributed by atoms with E-state index in [4.69, 9.17) is 9.47 Å². The molecule has 2 aromatic heterocycles. The van der Waals surface area contributed by atoms with Gasteiger partial charge in [-0.3, -0.25) is 9.48 Å². The molecule has 3 heterocycles. The molecular weight excluding hydrogens is 452 g/mol. The van der Waals surface area contributed by atoms with Crippen LogP contribution in [-0.2, 0) is 7.05 Å². The Morgan fingerprint density at radius 2 is 1.91 bits per heavy atom. The lowest BCUT2D eigenvalue weighted by atomic mass is 10.1. The Morgan fingerprint density at radius 1 is 1.15 bits per heavy atom. The van der Waals surface area contributed by atoms with Gasteiger partial charge in [-0.1, -0.05) is 11.3 Å². The number of thiazole rings is 1. The van der Waals surface area contributed by atoms with Crippen LogP contribution in [0.25, 0.3) is 21.1 Å². The molecule has 4 aromatic rings. The van der Waals surface area contributed by atoms with Crippen molar-refractivity contribution in [3.05, 3.63) is 36.0 Å². The van der Waals surface area contributed by atoms with Crippen molar-refractivity contribution >= 4 is 49.7 Å². The number of nitrogens with one attached hydrogen (secondary N) is 2. The molecule has 1 saturated heterocycles. The van der Waals surface area contributed by atoms with Crippen LogP contribution >= 0.6 is 11.3 Å². The van der Waals surface area contributed by atoms with Crippen LogP contribution < -0.4 is 25.0 Å². The second-order valence-corrected chi connectivity index (χ2v) is 9.67. The maximum absolute atomic E-state index is 13.4. The van der Waals surface area contributed by atoms with E-state index in [1.54, 1.807) is 18.9 Å². The Hall–Kier alpha value is -3.37. The van der Waals surface area contributed by atoms with E-state index in [1.807, 2.05) is 37.5 Å². The summed E-state index contributed by atoms with van der Waals surface area (Å²) in [6.07, 6.45) is 1.87. The lowest BCUT2D eigenvalue weighted by molar-refractivity contribution is 0.102. The first kappa shape index (κ1) is 22.4. The zero-order chi connectivity index (χ0) is 24.0. The molecule has 2 atom stereocenters. The monoisotopic (exact) mass is 480 g/mol. The van der Waals surface area contributed by atoms with E-state index < -0.39 is 0 Å². The average molecular weight is 481 g/mol. The number of anilines is 2. The Bertz CT molecular complexity index is 1370. The molecule has 1 aliphatic rings. The van der Waals surface area contributed by atoms with Crippen LogP contribution in [0.4, 0.5) is 11.4 Å². The first-order valence-corrected chi connectivity index (χ1v) is 12.0. The highest BCUT2D eigenvalue weighted by Gasteiger charge is 2.26. The van der Waals surface area contributed by atoms with Crippen LogP contribution in [0, 0.1) is 0 Å². The van der Waals surface area contributed by atoms with Gasteiger partial charge in [-0.05, 0) is 38.1 Å². The topological polar surface area (TPSA) is 93.5 Å². The summed E-state index contributed by atoms with van der Waals surface area (Å²) in [5.41, 5.74) is 3.58. The minimum Gasteiger partial charge on any atom is -0.494 e. The first-order valence-electron chi connectivity index (χ1n) is 11.2. The van der Waals surface area contributed by atoms with E-state index in [1.165, 1.54) is 11.3 Å². The van der Waals surface area contributed by atoms with Crippen molar-refractivity contribution in [3.63, 3.8) is 0 Å². The van der Waals surface area contributed by atoms with Crippen LogP contribution in [0.5, 0.6) is 10.9 Å². The standard InChI is InChI=1S/C24H28N6O3S/c1-13-10-30(11-14(2)25-13)19-9-6-15(20-22(19)34-24(27-20)33-5)23(31)26-18-8-7-17-16(21(18)32-4)12-29(3)28-17/h6-9,12-14,25H,10-11H2,1-5H3,(H,26,31)/t13-,14-/m0/s1. The number of fused-ring (bicyclic) bond motifs is 2. The number of aromatic nitrogens is 3. The lowest BCUT2D eigenvalue weighted by Crippen LogP contribution is -2.54. The molecular formula is C24H28N6O3S. The zero-order valence-electron chi connectivity index (χ0n) is 19.9. The van der Waals surface area contributed by atoms with Gasteiger partial charge in [-0.2, -0.15) is 5.10 Å². The van der Waals surface area contributed by atoms with Gasteiger partial charge >= 0.3 is 0 Å². The summed E-state index contributed by atoms with van der Waals surface area (Å²) in [7, 11) is 5.04. The van der Waals surface area contributed by atoms with Crippen molar-refractivity contribution < 1.29 is 14.3 Å². The normalized spacial score (nSPS) is 18.4. The summed E-state index contributed by atoms with van der Waals surface area (Å²) in [4.78, 5) is 20.4. The fourth-order valence-corrected chi connectivity index (χ4v) is 5.66. The summed E-state index contributed by atoms with van der Waals surface area (Å²) >= 11 is 1.46. The Morgan fingerprint density at radius 3 is 2.62 bits per heavy atom. The molecule has 1 fully saturated rings. The summed E-state index contributed by atoms with van der Waals surface area (Å²) in [5, 5.41) is 12.3. The Balaban J connectivity index is 1.53. The molecule has 0 aliphatic carbocycles. The molecule has 178 valence electrons. The number of nitrogens with zero attached hydrogens (tertiary/aromatic N) is 4. The number of aryl methyl sites for hydroxylation is 1. The molecule has 1 amide bonds. The van der Waals surface area contributed by atoms with Gasteiger partial charge in [0.2, 0.25) is 0 Å². The number of ether oxygens (including phenoxy) is 2. The van der Waals surface area contributed by atoms with E-state index in [9.17, 15) is 4.79 Å². The molecule has 0 saturated carbocycles. The molecule has 9 nitrogen and oxygen atoms in total. The summed E-state index contributed by atoms with van der Waals surface area (Å²) in [6.45, 7) is 6.13. The Labute approximate surface area is 201 Å². The van der Waals surface area contributed by atoms with E-state index in [0.717, 1.165) is 34.4 Å². The molecule has 34 heavy (non-hydrogen) atoms. The van der Waals surface area contributed by atoms with Crippen molar-refractivity contribution in [3.8, 4) is 10.9 Å². The molecule has 1 aliphatic heterocycles. The van der Waals surface area contributed by atoms with Gasteiger partial charge in [0.15, 0.2) is 5.75 Å². The molecule has 5 rings (SSSR count). The van der Waals surface area contributed by atoms with Crippen LogP contribution in [0.1, 0.15) is 24.2 Å². The summed E-state index contributed by atoms with van der Waals surface area (Å²) in [5.74, 6) is 0.319. The molecule has 2 aromatic carbocycles. The number of hydrogen-bond acceptors (Lipinski definition) is 8. The van der Waals surface area contributed by atoms with Gasteiger partial charge in [0.05, 0.1) is 46.8 Å². The molecule has 0 unspecified atom stereocenters. The summed E-state index contributed by atoms with van der Waals surface area (Å²) < 4.78 is 13.7. The Kier molecular flexibility index (Phi) is 5.78. The average Bonchev–Trinajstić information content (AvgIpc) is 3.40. The van der Waals surface area contributed by atoms with Crippen molar-refractivity contribution in [1.29, 1.82) is 0 Å². The van der Waals surface area contributed by atoms with Crippen molar-refractivity contribution in [2.24, 2.45) is 7.05 Å². The summed E-state index contributed by atoms with van der Waals surface area (Å²) in [6, 6.07) is 8.27. The predicted octanol–water partition coefficient (Wildman–Crippen LogP) is 3.64. The van der Waals surface area contributed by atoms with Gasteiger partial charge in [0, 0.05) is 38.4 Å². The third-order valence-corrected chi connectivity index (χ3v) is 7.07. The molecule has 0 radical (unpaired) electrons. The quantitative estimate of drug-likeness (QED) is 0.450. The van der Waals surface area contributed by atoms with Gasteiger partial charge < -0.3 is 25.0 Å². The van der Waals surface area contributed by atoms with Gasteiger partial charge in [-0.15, -0.1) is 0 Å². The number of piperazine rings is 1. The van der Waals surface area contributed by atoms with Crippen molar-refractivity contribution in [2.75, 3.05) is 37.5 Å². The second-order valence-electron chi connectivity index (χ2n) is 8.70. The van der Waals surface area contributed by atoms with Gasteiger partial charge in [0.1, 0.15) is 5.52 Å². The lowest BCUT2D eigenvalue weighted by Gasteiger charge is -2.37. The van der Waals surface area contributed by atoms with Crippen LogP contribution in [0.15, 0.2) is 30.5 Å². The number of carbonyl (C=O) groups is 1. The van der Waals surface area contributed by atoms with Crippen molar-refractivity contribution in [2.45, 2.75) is 25.9 Å². The smallest absolute Gasteiger partial charge is 0.274 e. The second kappa shape index (κ2) is 8.77. The third kappa shape index (κ3) is 3.92. The van der Waals surface area contributed by atoms with Crippen molar-refractivity contribution in [1.82, 2.24) is 20.1 Å². The van der Waals surface area contributed by atoms with Gasteiger partial charge in [0.25, 0.3) is 11.1 Å². The van der Waals surface area contributed by atoms with Crippen LogP contribution in [-0.4, -0.2) is 60.1 Å². The number of rotatable bonds is 5. The molecule has 10 heteroatoms. The maximum Gasteiger partial charge on any atom is 0.274 e. The van der Waals surface area contributed by atoms with E-state index in [0.29, 0.717) is 39.8 Å². The minimum atomic E-state index is -0.256. The number of amides is 1. The van der Waals surface area contributed by atoms with Gasteiger partial charge in [-0.25, -0.2) is 4.98 Å². The van der Waals surface area contributed by atoms with Crippen LogP contribution in [0.2, 0.25) is 0 Å². The molecule has 0 spiro atoms. The maximum atomic E-state index is 13.4. The van der Waals surface area contributed by atoms with E-state index in [2.05, 4.69) is 39.5 Å². The predicted molar refractivity (Wildman–Crippen MR) is 136 cm³/mol. The fourth-order valence-electron chi connectivity index (χ4n) is 4.71. The SMILES string of the molecule is COc1nc2c(C(=O)Nc3ccc4nn(C)cc4c3OC)ccc(N3C[C@H](C)N[C@@H](C)C3)c2s1. The minimum absolute atomic E-state index is 0.256.